The van der Waals surface area contributed by atoms with Crippen molar-refractivity contribution in [2.45, 2.75) is 26.7 Å². The Morgan fingerprint density at radius 3 is 2.81 bits per heavy atom. The lowest BCUT2D eigenvalue weighted by Crippen LogP contribution is -2.34. The minimum atomic E-state index is 0.769. The molecule has 26 heavy (non-hydrogen) atoms. The number of pyridine rings is 1. The van der Waals surface area contributed by atoms with Gasteiger partial charge in [0.2, 0.25) is 0 Å². The van der Waals surface area contributed by atoms with Crippen molar-refractivity contribution in [1.82, 2.24) is 4.98 Å². The fourth-order valence-corrected chi connectivity index (χ4v) is 3.94. The van der Waals surface area contributed by atoms with Crippen LogP contribution in [-0.2, 0) is 0 Å². The van der Waals surface area contributed by atoms with Gasteiger partial charge in [-0.15, -0.1) is 0 Å². The lowest BCUT2D eigenvalue weighted by atomic mass is 9.99. The molecule has 1 aliphatic heterocycles. The molecule has 2 heterocycles. The molecule has 1 unspecified atom stereocenters. The van der Waals surface area contributed by atoms with Gasteiger partial charge in [0.1, 0.15) is 0 Å². The number of aromatic nitrogens is 1. The molecule has 132 valence electrons. The highest BCUT2D eigenvalue weighted by Crippen LogP contribution is 2.27. The zero-order chi connectivity index (χ0) is 17.9. The Balaban J connectivity index is 1.64. The van der Waals surface area contributed by atoms with Gasteiger partial charge in [0, 0.05) is 25.0 Å². The summed E-state index contributed by atoms with van der Waals surface area (Å²) in [5.74, 6) is 0.769. The number of hydrogen-bond acceptors (Lipinski definition) is 2. The fraction of sp³-hybridized carbons (Fsp3) is 0.292. The van der Waals surface area contributed by atoms with Crippen molar-refractivity contribution in [2.24, 2.45) is 5.92 Å². The second-order valence-corrected chi connectivity index (χ2v) is 7.49. The Hall–Kier alpha value is -2.61. The van der Waals surface area contributed by atoms with E-state index >= 15 is 0 Å². The summed E-state index contributed by atoms with van der Waals surface area (Å²) in [6.07, 6.45) is 8.96. The second-order valence-electron chi connectivity index (χ2n) is 7.49. The summed E-state index contributed by atoms with van der Waals surface area (Å²) < 4.78 is 0. The highest BCUT2D eigenvalue weighted by atomic mass is 15.1. The van der Waals surface area contributed by atoms with Crippen LogP contribution in [0.1, 0.15) is 36.6 Å². The topological polar surface area (TPSA) is 16.1 Å². The third kappa shape index (κ3) is 3.50. The minimum absolute atomic E-state index is 0.769. The normalized spacial score (nSPS) is 17.9. The number of rotatable bonds is 3. The van der Waals surface area contributed by atoms with E-state index in [4.69, 9.17) is 0 Å². The zero-order valence-electron chi connectivity index (χ0n) is 15.7. The van der Waals surface area contributed by atoms with E-state index in [-0.39, 0.29) is 0 Å². The lowest BCUT2D eigenvalue weighted by Gasteiger charge is -2.33. The van der Waals surface area contributed by atoms with E-state index < -0.39 is 0 Å². The highest BCUT2D eigenvalue weighted by Gasteiger charge is 2.18. The quantitative estimate of drug-likeness (QED) is 0.584. The standard InChI is InChI=1S/C24H26N2/c1-18-7-6-14-26(17-18)24-15-22(25-16-19(24)2)13-12-21-10-5-9-20-8-3-4-11-23(20)21/h3-5,8-13,15-16,18H,6-7,14,17H2,1-2H3. The van der Waals surface area contributed by atoms with Gasteiger partial charge in [-0.2, -0.15) is 0 Å². The second kappa shape index (κ2) is 7.33. The maximum atomic E-state index is 4.63. The third-order valence-electron chi connectivity index (χ3n) is 5.35. The molecule has 1 atom stereocenters. The van der Waals surface area contributed by atoms with Gasteiger partial charge < -0.3 is 4.90 Å². The van der Waals surface area contributed by atoms with Crippen LogP contribution in [0.15, 0.2) is 54.7 Å². The van der Waals surface area contributed by atoms with Gasteiger partial charge in [-0.3, -0.25) is 4.98 Å². The first-order chi connectivity index (χ1) is 12.7. The molecule has 0 bridgehead atoms. The number of aryl methyl sites for hydroxylation is 1. The summed E-state index contributed by atoms with van der Waals surface area (Å²) >= 11 is 0. The van der Waals surface area contributed by atoms with Gasteiger partial charge in [0.15, 0.2) is 0 Å². The van der Waals surface area contributed by atoms with Crippen molar-refractivity contribution < 1.29 is 0 Å². The predicted molar refractivity (Wildman–Crippen MR) is 112 cm³/mol. The third-order valence-corrected chi connectivity index (χ3v) is 5.35. The van der Waals surface area contributed by atoms with E-state index in [1.807, 2.05) is 6.20 Å². The monoisotopic (exact) mass is 342 g/mol. The van der Waals surface area contributed by atoms with Gasteiger partial charge in [-0.05, 0) is 59.7 Å². The van der Waals surface area contributed by atoms with E-state index in [9.17, 15) is 0 Å². The maximum absolute atomic E-state index is 4.63. The summed E-state index contributed by atoms with van der Waals surface area (Å²) in [5.41, 5.74) is 4.86. The van der Waals surface area contributed by atoms with Gasteiger partial charge in [0.05, 0.1) is 5.69 Å². The molecule has 2 nitrogen and oxygen atoms in total. The van der Waals surface area contributed by atoms with Crippen LogP contribution in [0.3, 0.4) is 0 Å². The van der Waals surface area contributed by atoms with Crippen LogP contribution < -0.4 is 4.90 Å². The van der Waals surface area contributed by atoms with Gasteiger partial charge in [0.25, 0.3) is 0 Å². The van der Waals surface area contributed by atoms with Crippen molar-refractivity contribution in [3.8, 4) is 0 Å². The molecule has 1 aliphatic rings. The highest BCUT2D eigenvalue weighted by molar-refractivity contribution is 5.92. The van der Waals surface area contributed by atoms with Crippen LogP contribution in [0.4, 0.5) is 5.69 Å². The number of hydrogen-bond donors (Lipinski definition) is 0. The van der Waals surface area contributed by atoms with Crippen LogP contribution >= 0.6 is 0 Å². The van der Waals surface area contributed by atoms with Crippen LogP contribution in [0, 0.1) is 12.8 Å². The molecule has 2 aromatic carbocycles. The summed E-state index contributed by atoms with van der Waals surface area (Å²) in [6.45, 7) is 6.82. The maximum Gasteiger partial charge on any atom is 0.0650 e. The average Bonchev–Trinajstić information content (AvgIpc) is 2.67. The predicted octanol–water partition coefficient (Wildman–Crippen LogP) is 5.95. The van der Waals surface area contributed by atoms with Crippen LogP contribution in [0.25, 0.3) is 22.9 Å². The largest absolute Gasteiger partial charge is 0.371 e. The van der Waals surface area contributed by atoms with E-state index in [1.54, 1.807) is 0 Å². The molecule has 0 saturated carbocycles. The Bertz CT molecular complexity index is 937. The van der Waals surface area contributed by atoms with E-state index in [0.29, 0.717) is 0 Å². The molecule has 1 saturated heterocycles. The smallest absolute Gasteiger partial charge is 0.0650 e. The van der Waals surface area contributed by atoms with Gasteiger partial charge in [-0.25, -0.2) is 0 Å². The molecule has 0 spiro atoms. The van der Waals surface area contributed by atoms with Crippen molar-refractivity contribution in [1.29, 1.82) is 0 Å². The van der Waals surface area contributed by atoms with E-state index in [1.165, 1.54) is 40.4 Å². The molecule has 1 aromatic heterocycles. The average molecular weight is 342 g/mol. The van der Waals surface area contributed by atoms with Gasteiger partial charge in [-0.1, -0.05) is 55.5 Å². The first kappa shape index (κ1) is 16.8. The Morgan fingerprint density at radius 1 is 1.08 bits per heavy atom. The summed E-state index contributed by atoms with van der Waals surface area (Å²) in [5, 5.41) is 2.55. The Morgan fingerprint density at radius 2 is 1.92 bits per heavy atom. The minimum Gasteiger partial charge on any atom is -0.371 e. The Kier molecular flexibility index (Phi) is 4.75. The van der Waals surface area contributed by atoms with E-state index in [0.717, 1.165) is 24.7 Å². The number of anilines is 1. The summed E-state index contributed by atoms with van der Waals surface area (Å²) in [4.78, 5) is 7.16. The van der Waals surface area contributed by atoms with Crippen molar-refractivity contribution in [3.05, 3.63) is 71.5 Å². The first-order valence-corrected chi connectivity index (χ1v) is 9.58. The molecule has 0 aliphatic carbocycles. The first-order valence-electron chi connectivity index (χ1n) is 9.58. The van der Waals surface area contributed by atoms with E-state index in [2.05, 4.69) is 84.4 Å². The molecule has 1 fully saturated rings. The molecule has 2 heteroatoms. The molecule has 3 aromatic rings. The van der Waals surface area contributed by atoms with Crippen LogP contribution in [0.2, 0.25) is 0 Å². The van der Waals surface area contributed by atoms with Crippen molar-refractivity contribution >= 4 is 28.6 Å². The zero-order valence-corrected chi connectivity index (χ0v) is 15.7. The molecule has 0 N–H and O–H groups in total. The fourth-order valence-electron chi connectivity index (χ4n) is 3.94. The summed E-state index contributed by atoms with van der Waals surface area (Å²) in [7, 11) is 0. The van der Waals surface area contributed by atoms with Crippen LogP contribution in [0.5, 0.6) is 0 Å². The molecule has 0 radical (unpaired) electrons. The Labute approximate surface area is 156 Å². The number of nitrogens with zero attached hydrogens (tertiary/aromatic N) is 2. The van der Waals surface area contributed by atoms with Crippen LogP contribution in [-0.4, -0.2) is 18.1 Å². The molecular weight excluding hydrogens is 316 g/mol. The summed E-state index contributed by atoms with van der Waals surface area (Å²) in [6, 6.07) is 17.2. The van der Waals surface area contributed by atoms with Crippen molar-refractivity contribution in [3.63, 3.8) is 0 Å². The molecular formula is C24H26N2. The van der Waals surface area contributed by atoms with Crippen molar-refractivity contribution in [2.75, 3.05) is 18.0 Å². The molecule has 0 amide bonds. The number of piperidine rings is 1. The molecule has 4 rings (SSSR count). The number of benzene rings is 2. The SMILES string of the molecule is Cc1cnc(C=Cc2cccc3ccccc23)cc1N1CCCC(C)C1. The van der Waals surface area contributed by atoms with Gasteiger partial charge >= 0.3 is 0 Å². The lowest BCUT2D eigenvalue weighted by molar-refractivity contribution is 0.446. The number of fused-ring (bicyclic) bond motifs is 1.